The Morgan fingerprint density at radius 1 is 1.39 bits per heavy atom. The van der Waals surface area contributed by atoms with Crippen molar-refractivity contribution in [2.45, 2.75) is 24.7 Å². The molecular weight excluding hydrogens is 290 g/mol. The Bertz CT molecular complexity index is 754. The highest BCUT2D eigenvalue weighted by molar-refractivity contribution is 8.14. The van der Waals surface area contributed by atoms with Gasteiger partial charge in [0.05, 0.1) is 0 Å². The van der Waals surface area contributed by atoms with Crippen LogP contribution in [-0.2, 0) is 9.05 Å². The molecule has 0 N–H and O–H groups in total. The molecule has 2 rings (SSSR count). The van der Waals surface area contributed by atoms with E-state index in [9.17, 15) is 8.42 Å². The molecule has 0 saturated carbocycles. The summed E-state index contributed by atoms with van der Waals surface area (Å²) in [7, 11) is 1.49. The first kappa shape index (κ1) is 13.3. The largest absolute Gasteiger partial charge is 0.264 e. The number of fused-ring (bicyclic) bond motifs is 1. The first-order chi connectivity index (χ1) is 8.34. The molecule has 1 aromatic heterocycles. The maximum Gasteiger partial charge on any atom is 0.264 e. The zero-order valence-corrected chi connectivity index (χ0v) is 12.2. The van der Waals surface area contributed by atoms with E-state index >= 15 is 0 Å². The maximum atomic E-state index is 11.5. The van der Waals surface area contributed by atoms with Crippen LogP contribution in [0.15, 0.2) is 23.1 Å². The fourth-order valence-corrected chi connectivity index (χ4v) is 4.55. The Morgan fingerprint density at radius 2 is 2.06 bits per heavy atom. The Balaban J connectivity index is 2.84. The van der Waals surface area contributed by atoms with Crippen molar-refractivity contribution in [2.75, 3.05) is 0 Å². The van der Waals surface area contributed by atoms with Crippen molar-refractivity contribution < 1.29 is 8.42 Å². The van der Waals surface area contributed by atoms with E-state index in [0.717, 1.165) is 21.6 Å². The minimum Gasteiger partial charge on any atom is -0.207 e. The highest BCUT2D eigenvalue weighted by Gasteiger charge is 2.23. The molecule has 18 heavy (non-hydrogen) atoms. The summed E-state index contributed by atoms with van der Waals surface area (Å²) >= 11 is 1.16. The predicted octanol–water partition coefficient (Wildman–Crippen LogP) is 3.82. The molecule has 0 saturated heterocycles. The van der Waals surface area contributed by atoms with Crippen molar-refractivity contribution in [3.05, 3.63) is 28.6 Å². The quantitative estimate of drug-likeness (QED) is 0.792. The molecule has 0 spiro atoms. The number of rotatable bonds is 2. The lowest BCUT2D eigenvalue weighted by Gasteiger charge is -2.04. The summed E-state index contributed by atoms with van der Waals surface area (Å²) in [6, 6.07) is 7.40. The third-order valence-electron chi connectivity index (χ3n) is 2.68. The smallest absolute Gasteiger partial charge is 0.207 e. The monoisotopic (exact) mass is 299 g/mol. The van der Waals surface area contributed by atoms with Gasteiger partial charge in [0.2, 0.25) is 0 Å². The molecule has 0 atom stereocenters. The molecular formula is C12H10ClNO2S2. The van der Waals surface area contributed by atoms with Crippen molar-refractivity contribution in [2.24, 2.45) is 0 Å². The summed E-state index contributed by atoms with van der Waals surface area (Å²) in [5, 5.41) is 9.52. The van der Waals surface area contributed by atoms with E-state index in [4.69, 9.17) is 15.9 Å². The second-order valence-electron chi connectivity index (χ2n) is 4.22. The van der Waals surface area contributed by atoms with Crippen LogP contribution < -0.4 is 0 Å². The molecule has 0 radical (unpaired) electrons. The van der Waals surface area contributed by atoms with E-state index in [-0.39, 0.29) is 9.77 Å². The van der Waals surface area contributed by atoms with E-state index in [2.05, 4.69) is 13.8 Å². The number of nitriles is 1. The Labute approximate surface area is 114 Å². The van der Waals surface area contributed by atoms with Gasteiger partial charge in [0.1, 0.15) is 15.8 Å². The number of hydrogen-bond acceptors (Lipinski definition) is 4. The molecule has 6 heteroatoms. The topological polar surface area (TPSA) is 57.9 Å². The summed E-state index contributed by atoms with van der Waals surface area (Å²) in [4.78, 5) is 0.0721. The molecule has 0 aliphatic carbocycles. The summed E-state index contributed by atoms with van der Waals surface area (Å²) in [6.07, 6.45) is 0. The van der Waals surface area contributed by atoms with Crippen LogP contribution in [0.1, 0.15) is 30.2 Å². The molecule has 3 nitrogen and oxygen atoms in total. The van der Waals surface area contributed by atoms with Gasteiger partial charge < -0.3 is 0 Å². The molecule has 0 bridgehead atoms. The minimum absolute atomic E-state index is 0.0676. The molecule has 0 aliphatic rings. The fourth-order valence-electron chi connectivity index (χ4n) is 1.76. The van der Waals surface area contributed by atoms with Crippen molar-refractivity contribution in [3.63, 3.8) is 0 Å². The van der Waals surface area contributed by atoms with Crippen LogP contribution >= 0.6 is 22.0 Å². The van der Waals surface area contributed by atoms with Gasteiger partial charge in [0.15, 0.2) is 0 Å². The number of nitrogens with zero attached hydrogens (tertiary/aromatic N) is 1. The second kappa shape index (κ2) is 4.54. The van der Waals surface area contributed by atoms with Gasteiger partial charge in [-0.15, -0.1) is 11.3 Å². The minimum atomic E-state index is -3.90. The third-order valence-corrected chi connectivity index (χ3v) is 5.24. The van der Waals surface area contributed by atoms with Crippen LogP contribution in [0.4, 0.5) is 0 Å². The summed E-state index contributed by atoms with van der Waals surface area (Å²) in [5.74, 6) is 0.345. The normalized spacial score (nSPS) is 11.9. The van der Waals surface area contributed by atoms with E-state index < -0.39 is 9.05 Å². The predicted molar refractivity (Wildman–Crippen MR) is 73.7 cm³/mol. The van der Waals surface area contributed by atoms with Crippen molar-refractivity contribution in [3.8, 4) is 6.07 Å². The molecule has 94 valence electrons. The van der Waals surface area contributed by atoms with Crippen molar-refractivity contribution in [1.82, 2.24) is 0 Å². The standard InChI is InChI=1S/C12H10ClNO2S2/c1-7(2)8-3-4-9-10(5-8)17-11(6-14)12(9)18(13,15)16/h3-5,7H,1-2H3. The fraction of sp³-hybridized carbons (Fsp3) is 0.250. The molecule has 2 aromatic rings. The van der Waals surface area contributed by atoms with Gasteiger partial charge in [-0.25, -0.2) is 8.42 Å². The molecule has 1 aromatic carbocycles. The molecule has 1 heterocycles. The first-order valence-corrected chi connectivity index (χ1v) is 8.38. The van der Waals surface area contributed by atoms with E-state index in [1.54, 1.807) is 6.07 Å². The maximum absolute atomic E-state index is 11.5. The van der Waals surface area contributed by atoms with Gasteiger partial charge >= 0.3 is 0 Å². The third kappa shape index (κ3) is 2.24. The van der Waals surface area contributed by atoms with Crippen LogP contribution in [0.3, 0.4) is 0 Å². The van der Waals surface area contributed by atoms with Crippen LogP contribution in [0.5, 0.6) is 0 Å². The van der Waals surface area contributed by atoms with E-state index in [1.165, 1.54) is 0 Å². The average molecular weight is 300 g/mol. The van der Waals surface area contributed by atoms with Gasteiger partial charge in [-0.2, -0.15) is 5.26 Å². The lowest BCUT2D eigenvalue weighted by atomic mass is 10.0. The molecule has 0 unspecified atom stereocenters. The van der Waals surface area contributed by atoms with Crippen molar-refractivity contribution >= 4 is 41.2 Å². The molecule has 0 fully saturated rings. The summed E-state index contributed by atoms with van der Waals surface area (Å²) < 4.78 is 23.8. The van der Waals surface area contributed by atoms with E-state index in [0.29, 0.717) is 11.3 Å². The SMILES string of the molecule is CC(C)c1ccc2c(S(=O)(=O)Cl)c(C#N)sc2c1. The van der Waals surface area contributed by atoms with Gasteiger partial charge in [0, 0.05) is 20.8 Å². The van der Waals surface area contributed by atoms with Crippen LogP contribution in [0.25, 0.3) is 10.1 Å². The van der Waals surface area contributed by atoms with Crippen LogP contribution in [-0.4, -0.2) is 8.42 Å². The zero-order chi connectivity index (χ0) is 13.5. The zero-order valence-electron chi connectivity index (χ0n) is 9.77. The Hall–Kier alpha value is -1.09. The number of benzene rings is 1. The number of thiophene rings is 1. The van der Waals surface area contributed by atoms with Crippen LogP contribution in [0, 0.1) is 11.3 Å². The first-order valence-electron chi connectivity index (χ1n) is 5.26. The lowest BCUT2D eigenvalue weighted by Crippen LogP contribution is -1.92. The highest BCUT2D eigenvalue weighted by atomic mass is 35.7. The number of hydrogen-bond donors (Lipinski definition) is 0. The molecule has 0 aliphatic heterocycles. The number of halogens is 1. The van der Waals surface area contributed by atoms with Crippen molar-refractivity contribution in [1.29, 1.82) is 5.26 Å². The van der Waals surface area contributed by atoms with Gasteiger partial charge in [-0.3, -0.25) is 0 Å². The van der Waals surface area contributed by atoms with Gasteiger partial charge in [-0.05, 0) is 17.5 Å². The Kier molecular flexibility index (Phi) is 3.37. The average Bonchev–Trinajstić information content (AvgIpc) is 2.65. The summed E-state index contributed by atoms with van der Waals surface area (Å²) in [5.41, 5.74) is 1.10. The van der Waals surface area contributed by atoms with Gasteiger partial charge in [-0.1, -0.05) is 26.0 Å². The second-order valence-corrected chi connectivity index (χ2v) is 7.78. The van der Waals surface area contributed by atoms with Gasteiger partial charge in [0.25, 0.3) is 9.05 Å². The molecule has 0 amide bonds. The highest BCUT2D eigenvalue weighted by Crippen LogP contribution is 2.37. The Morgan fingerprint density at radius 3 is 2.56 bits per heavy atom. The van der Waals surface area contributed by atoms with E-state index in [1.807, 2.05) is 18.2 Å². The lowest BCUT2D eigenvalue weighted by molar-refractivity contribution is 0.610. The summed E-state index contributed by atoms with van der Waals surface area (Å²) in [6.45, 7) is 4.11. The van der Waals surface area contributed by atoms with Crippen LogP contribution in [0.2, 0.25) is 0 Å².